The molecule has 4 rings (SSSR count). The van der Waals surface area contributed by atoms with Crippen LogP contribution in [-0.4, -0.2) is 36.3 Å². The number of anilines is 1. The van der Waals surface area contributed by atoms with E-state index in [0.717, 1.165) is 45.0 Å². The summed E-state index contributed by atoms with van der Waals surface area (Å²) < 4.78 is 5.52. The zero-order valence-electron chi connectivity index (χ0n) is 13.2. The van der Waals surface area contributed by atoms with Crippen LogP contribution in [0.1, 0.15) is 42.5 Å². The Hall–Kier alpha value is -1.20. The Kier molecular flexibility index (Phi) is 4.01. The first-order valence-corrected chi connectivity index (χ1v) is 9.32. The quantitative estimate of drug-likeness (QED) is 0.870. The van der Waals surface area contributed by atoms with Crippen molar-refractivity contribution < 1.29 is 4.74 Å². The monoisotopic (exact) mass is 317 g/mol. The predicted molar refractivity (Wildman–Crippen MR) is 91.1 cm³/mol. The molecule has 0 radical (unpaired) electrons. The Labute approximate surface area is 135 Å². The van der Waals surface area contributed by atoms with Crippen molar-refractivity contribution in [1.29, 1.82) is 0 Å². The molecular weight excluding hydrogens is 294 g/mol. The van der Waals surface area contributed by atoms with E-state index in [2.05, 4.69) is 11.8 Å². The lowest BCUT2D eigenvalue weighted by Crippen LogP contribution is -2.37. The molecule has 0 spiro atoms. The van der Waals surface area contributed by atoms with Gasteiger partial charge in [-0.3, -0.25) is 0 Å². The number of aryl methyl sites for hydroxylation is 3. The van der Waals surface area contributed by atoms with E-state index < -0.39 is 0 Å². The van der Waals surface area contributed by atoms with Gasteiger partial charge in [-0.1, -0.05) is 6.92 Å². The second-order valence-corrected chi connectivity index (χ2v) is 7.29. The summed E-state index contributed by atoms with van der Waals surface area (Å²) in [6, 6.07) is 0. The molecule has 0 saturated carbocycles. The van der Waals surface area contributed by atoms with Crippen LogP contribution in [0.2, 0.25) is 0 Å². The van der Waals surface area contributed by atoms with Crippen LogP contribution in [0.5, 0.6) is 0 Å². The molecule has 0 bridgehead atoms. The third-order valence-electron chi connectivity index (χ3n) is 4.63. The van der Waals surface area contributed by atoms with Crippen molar-refractivity contribution in [2.45, 2.75) is 45.4 Å². The van der Waals surface area contributed by atoms with Gasteiger partial charge in [0.25, 0.3) is 0 Å². The van der Waals surface area contributed by atoms with Gasteiger partial charge in [-0.25, -0.2) is 9.97 Å². The van der Waals surface area contributed by atoms with Gasteiger partial charge in [-0.15, -0.1) is 11.3 Å². The highest BCUT2D eigenvalue weighted by molar-refractivity contribution is 7.19. The van der Waals surface area contributed by atoms with Crippen LogP contribution in [0.4, 0.5) is 5.82 Å². The molecule has 0 N–H and O–H groups in total. The maximum atomic E-state index is 5.52. The highest BCUT2D eigenvalue weighted by atomic mass is 32.1. The van der Waals surface area contributed by atoms with Gasteiger partial charge in [-0.05, 0) is 37.7 Å². The minimum Gasteiger partial charge on any atom is -0.378 e. The summed E-state index contributed by atoms with van der Waals surface area (Å²) >= 11 is 1.91. The summed E-state index contributed by atoms with van der Waals surface area (Å²) in [6.45, 7) is 5.70. The van der Waals surface area contributed by atoms with Crippen molar-refractivity contribution in [2.75, 3.05) is 31.2 Å². The van der Waals surface area contributed by atoms with Gasteiger partial charge < -0.3 is 9.64 Å². The normalized spacial score (nSPS) is 18.7. The molecule has 1 saturated heterocycles. The molecule has 1 aliphatic heterocycles. The third kappa shape index (κ3) is 2.50. The van der Waals surface area contributed by atoms with Crippen LogP contribution >= 0.6 is 11.3 Å². The maximum absolute atomic E-state index is 5.52. The first-order chi connectivity index (χ1) is 10.9. The Morgan fingerprint density at radius 2 is 1.95 bits per heavy atom. The largest absolute Gasteiger partial charge is 0.378 e. The topological polar surface area (TPSA) is 38.2 Å². The first-order valence-electron chi connectivity index (χ1n) is 8.50. The van der Waals surface area contributed by atoms with Crippen LogP contribution in [-0.2, 0) is 24.0 Å². The number of morpholine rings is 1. The third-order valence-corrected chi connectivity index (χ3v) is 5.81. The van der Waals surface area contributed by atoms with E-state index in [1.54, 1.807) is 4.88 Å². The minimum absolute atomic E-state index is 0.806. The second-order valence-electron chi connectivity index (χ2n) is 6.20. The Balaban J connectivity index is 1.87. The standard InChI is InChI=1S/C17H23N3OS/c1-2-5-14-18-16(20-8-10-21-11-9-20)15-12-6-3-4-7-13(12)22-17(15)19-14/h2-11H2,1H3. The molecule has 22 heavy (non-hydrogen) atoms. The lowest BCUT2D eigenvalue weighted by Gasteiger charge is -2.29. The predicted octanol–water partition coefficient (Wildman–Crippen LogP) is 3.36. The first kappa shape index (κ1) is 14.4. The van der Waals surface area contributed by atoms with Gasteiger partial charge >= 0.3 is 0 Å². The summed E-state index contributed by atoms with van der Waals surface area (Å²) in [4.78, 5) is 15.0. The zero-order valence-corrected chi connectivity index (χ0v) is 14.0. The van der Waals surface area contributed by atoms with Crippen molar-refractivity contribution in [3.63, 3.8) is 0 Å². The molecule has 2 aliphatic rings. The van der Waals surface area contributed by atoms with Crippen LogP contribution in [0, 0.1) is 0 Å². The lowest BCUT2D eigenvalue weighted by molar-refractivity contribution is 0.122. The number of nitrogens with zero attached hydrogens (tertiary/aromatic N) is 3. The molecule has 1 fully saturated rings. The van der Waals surface area contributed by atoms with Crippen LogP contribution < -0.4 is 4.90 Å². The molecule has 5 heteroatoms. The fourth-order valence-electron chi connectivity index (χ4n) is 3.52. The molecule has 0 atom stereocenters. The average Bonchev–Trinajstić information content (AvgIpc) is 2.93. The molecule has 3 heterocycles. The molecule has 118 valence electrons. The summed E-state index contributed by atoms with van der Waals surface area (Å²) in [6.07, 6.45) is 7.11. The van der Waals surface area contributed by atoms with Gasteiger partial charge in [0.2, 0.25) is 0 Å². The van der Waals surface area contributed by atoms with Crippen molar-refractivity contribution in [3.05, 3.63) is 16.3 Å². The second kappa shape index (κ2) is 6.13. The van der Waals surface area contributed by atoms with Crippen molar-refractivity contribution in [2.24, 2.45) is 0 Å². The number of hydrogen-bond donors (Lipinski definition) is 0. The van der Waals surface area contributed by atoms with Crippen LogP contribution in [0.3, 0.4) is 0 Å². The van der Waals surface area contributed by atoms with E-state index in [9.17, 15) is 0 Å². The number of fused-ring (bicyclic) bond motifs is 3. The van der Waals surface area contributed by atoms with Gasteiger partial charge in [-0.2, -0.15) is 0 Å². The molecule has 2 aromatic heterocycles. The van der Waals surface area contributed by atoms with E-state index in [1.165, 1.54) is 47.3 Å². The summed E-state index contributed by atoms with van der Waals surface area (Å²) in [5.41, 5.74) is 1.54. The van der Waals surface area contributed by atoms with Crippen molar-refractivity contribution in [3.8, 4) is 0 Å². The Morgan fingerprint density at radius 3 is 2.77 bits per heavy atom. The SMILES string of the molecule is CCCc1nc(N2CCOCC2)c2c3c(sc2n1)CCCC3. The van der Waals surface area contributed by atoms with Crippen LogP contribution in [0.25, 0.3) is 10.2 Å². The van der Waals surface area contributed by atoms with Gasteiger partial charge in [0, 0.05) is 24.4 Å². The molecular formula is C17H23N3OS. The van der Waals surface area contributed by atoms with Gasteiger partial charge in [0.1, 0.15) is 16.5 Å². The lowest BCUT2D eigenvalue weighted by atomic mass is 9.97. The van der Waals surface area contributed by atoms with E-state index in [1.807, 2.05) is 11.3 Å². The molecule has 0 unspecified atom stereocenters. The Morgan fingerprint density at radius 1 is 1.14 bits per heavy atom. The summed E-state index contributed by atoms with van der Waals surface area (Å²) in [5.74, 6) is 2.19. The van der Waals surface area contributed by atoms with Crippen molar-refractivity contribution in [1.82, 2.24) is 9.97 Å². The number of aromatic nitrogens is 2. The number of thiophene rings is 1. The van der Waals surface area contributed by atoms with E-state index >= 15 is 0 Å². The zero-order chi connectivity index (χ0) is 14.9. The Bertz CT molecular complexity index is 676. The number of rotatable bonds is 3. The molecule has 4 nitrogen and oxygen atoms in total. The van der Waals surface area contributed by atoms with E-state index in [4.69, 9.17) is 14.7 Å². The average molecular weight is 317 g/mol. The van der Waals surface area contributed by atoms with Crippen molar-refractivity contribution >= 4 is 27.4 Å². The van der Waals surface area contributed by atoms with Gasteiger partial charge in [0.05, 0.1) is 18.6 Å². The fraction of sp³-hybridized carbons (Fsp3) is 0.647. The maximum Gasteiger partial charge on any atom is 0.141 e. The summed E-state index contributed by atoms with van der Waals surface area (Å²) in [5, 5.41) is 1.35. The number of hydrogen-bond acceptors (Lipinski definition) is 5. The minimum atomic E-state index is 0.806. The van der Waals surface area contributed by atoms with E-state index in [0.29, 0.717) is 0 Å². The number of ether oxygens (including phenoxy) is 1. The molecule has 2 aromatic rings. The molecule has 1 aliphatic carbocycles. The van der Waals surface area contributed by atoms with Crippen LogP contribution in [0.15, 0.2) is 0 Å². The summed E-state index contributed by atoms with van der Waals surface area (Å²) in [7, 11) is 0. The fourth-order valence-corrected chi connectivity index (χ4v) is 4.80. The smallest absolute Gasteiger partial charge is 0.141 e. The highest BCUT2D eigenvalue weighted by Crippen LogP contribution is 2.39. The molecule has 0 amide bonds. The van der Waals surface area contributed by atoms with Gasteiger partial charge in [0.15, 0.2) is 0 Å². The highest BCUT2D eigenvalue weighted by Gasteiger charge is 2.24. The van der Waals surface area contributed by atoms with E-state index in [-0.39, 0.29) is 0 Å². The molecule has 0 aromatic carbocycles.